The Morgan fingerprint density at radius 1 is 1.22 bits per heavy atom. The van der Waals surface area contributed by atoms with Gasteiger partial charge in [-0.05, 0) is 37.1 Å². The fourth-order valence-corrected chi connectivity index (χ4v) is 3.29. The number of pyridine rings is 1. The van der Waals surface area contributed by atoms with Gasteiger partial charge in [0.2, 0.25) is 11.8 Å². The molecule has 1 saturated heterocycles. The van der Waals surface area contributed by atoms with E-state index in [1.807, 2.05) is 36.4 Å². The van der Waals surface area contributed by atoms with Gasteiger partial charge >= 0.3 is 0 Å². The van der Waals surface area contributed by atoms with Crippen LogP contribution in [0.2, 0.25) is 0 Å². The van der Waals surface area contributed by atoms with Crippen LogP contribution in [0.15, 0.2) is 54.7 Å². The molecule has 3 aromatic rings. The fraction of sp³-hybridized carbons (Fsp3) is 0.250. The molecular weight excluding hydrogens is 347 g/mol. The van der Waals surface area contributed by atoms with Crippen molar-refractivity contribution in [1.82, 2.24) is 20.1 Å². The lowest BCUT2D eigenvalue weighted by Gasteiger charge is -2.32. The molecule has 1 amide bonds. The number of nitrogens with zero attached hydrogens (tertiary/aromatic N) is 3. The first-order valence-electron chi connectivity index (χ1n) is 8.88. The predicted octanol–water partition coefficient (Wildman–Crippen LogP) is 3.76. The number of hydrogen-bond donors (Lipinski definition) is 1. The Hall–Kier alpha value is -3.22. The first-order chi connectivity index (χ1) is 13.2. The summed E-state index contributed by atoms with van der Waals surface area (Å²) >= 11 is 0. The molecular formula is C20H19FN4O2. The largest absolute Gasteiger partial charge is 0.438 e. The molecule has 1 aliphatic rings. The summed E-state index contributed by atoms with van der Waals surface area (Å²) in [4.78, 5) is 18.0. The smallest absolute Gasteiger partial charge is 0.255 e. The van der Waals surface area contributed by atoms with E-state index in [1.165, 1.54) is 18.3 Å². The van der Waals surface area contributed by atoms with E-state index in [9.17, 15) is 9.18 Å². The van der Waals surface area contributed by atoms with Crippen molar-refractivity contribution in [3.8, 4) is 11.6 Å². The van der Waals surface area contributed by atoms with Gasteiger partial charge in [-0.2, -0.15) is 4.39 Å². The number of carbonyl (C=O) groups excluding carboxylic acids is 1. The number of hydrogen-bond acceptors (Lipinski definition) is 4. The van der Waals surface area contributed by atoms with E-state index in [4.69, 9.17) is 4.74 Å². The Kier molecular flexibility index (Phi) is 4.82. The summed E-state index contributed by atoms with van der Waals surface area (Å²) < 4.78 is 18.7. The van der Waals surface area contributed by atoms with Crippen LogP contribution < -0.4 is 4.74 Å². The Morgan fingerprint density at radius 3 is 2.85 bits per heavy atom. The molecule has 1 aromatic carbocycles. The lowest BCUT2D eigenvalue weighted by Crippen LogP contribution is -2.39. The average Bonchev–Trinajstić information content (AvgIpc) is 3.17. The molecule has 0 saturated carbocycles. The Balaban J connectivity index is 1.44. The minimum absolute atomic E-state index is 0.132. The van der Waals surface area contributed by atoms with E-state index in [0.29, 0.717) is 24.5 Å². The summed E-state index contributed by atoms with van der Waals surface area (Å²) in [5.41, 5.74) is 1.34. The van der Waals surface area contributed by atoms with Crippen LogP contribution in [0, 0.1) is 5.95 Å². The van der Waals surface area contributed by atoms with Crippen molar-refractivity contribution in [2.45, 2.75) is 18.8 Å². The van der Waals surface area contributed by atoms with E-state index in [-0.39, 0.29) is 11.8 Å². The Morgan fingerprint density at radius 2 is 2.07 bits per heavy atom. The maximum absolute atomic E-state index is 13.0. The SMILES string of the molecule is O=C(c1ccc(F)nc1)N1CCC[C@H](c2cc(Oc3ccccc3)n[nH]2)C1. The zero-order valence-electron chi connectivity index (χ0n) is 14.6. The molecule has 1 fully saturated rings. The number of piperidine rings is 1. The van der Waals surface area contributed by atoms with Gasteiger partial charge in [0.15, 0.2) is 0 Å². The third-order valence-corrected chi connectivity index (χ3v) is 4.66. The van der Waals surface area contributed by atoms with Crippen molar-refractivity contribution in [3.63, 3.8) is 0 Å². The molecule has 7 heteroatoms. The van der Waals surface area contributed by atoms with Crippen molar-refractivity contribution in [3.05, 3.63) is 71.9 Å². The van der Waals surface area contributed by atoms with Gasteiger partial charge in [-0.25, -0.2) is 4.98 Å². The average molecular weight is 366 g/mol. The van der Waals surface area contributed by atoms with E-state index < -0.39 is 5.95 Å². The standard InChI is InChI=1S/C20H19FN4O2/c21-18-9-8-14(12-22-18)20(26)25-10-4-5-15(13-25)17-11-19(24-23-17)27-16-6-2-1-3-7-16/h1-3,6-9,11-12,15H,4-5,10,13H2,(H,23,24)/t15-/m0/s1. The van der Waals surface area contributed by atoms with Gasteiger partial charge in [0.1, 0.15) is 5.75 Å². The quantitative estimate of drug-likeness (QED) is 0.714. The second kappa shape index (κ2) is 7.57. The normalized spacial score (nSPS) is 16.9. The summed E-state index contributed by atoms with van der Waals surface area (Å²) in [6.07, 6.45) is 3.13. The molecule has 4 rings (SSSR count). The molecule has 0 spiro atoms. The third-order valence-electron chi connectivity index (χ3n) is 4.66. The molecule has 0 radical (unpaired) electrons. The summed E-state index contributed by atoms with van der Waals surface area (Å²) in [5.74, 6) is 0.651. The topological polar surface area (TPSA) is 71.1 Å². The summed E-state index contributed by atoms with van der Waals surface area (Å²) in [7, 11) is 0. The fourth-order valence-electron chi connectivity index (χ4n) is 3.29. The van der Waals surface area contributed by atoms with E-state index in [1.54, 1.807) is 4.90 Å². The first-order valence-corrected chi connectivity index (χ1v) is 8.88. The van der Waals surface area contributed by atoms with Crippen LogP contribution >= 0.6 is 0 Å². The van der Waals surface area contributed by atoms with Gasteiger partial charge < -0.3 is 9.64 Å². The van der Waals surface area contributed by atoms with Gasteiger partial charge in [0, 0.05) is 37.0 Å². The summed E-state index contributed by atoms with van der Waals surface area (Å²) in [6.45, 7) is 1.25. The zero-order valence-corrected chi connectivity index (χ0v) is 14.6. The molecule has 2 aromatic heterocycles. The maximum atomic E-state index is 13.0. The number of aromatic amines is 1. The number of benzene rings is 1. The number of halogens is 1. The van der Waals surface area contributed by atoms with Gasteiger partial charge in [0.05, 0.1) is 5.56 Å². The summed E-state index contributed by atoms with van der Waals surface area (Å²) in [5, 5.41) is 7.25. The molecule has 6 nitrogen and oxygen atoms in total. The highest BCUT2D eigenvalue weighted by Gasteiger charge is 2.27. The van der Waals surface area contributed by atoms with E-state index in [2.05, 4.69) is 15.2 Å². The highest BCUT2D eigenvalue weighted by molar-refractivity contribution is 5.94. The number of nitrogens with one attached hydrogen (secondary N) is 1. The highest BCUT2D eigenvalue weighted by atomic mass is 19.1. The van der Waals surface area contributed by atoms with Crippen molar-refractivity contribution < 1.29 is 13.9 Å². The monoisotopic (exact) mass is 366 g/mol. The minimum atomic E-state index is -0.591. The number of amides is 1. The van der Waals surface area contributed by atoms with Crippen molar-refractivity contribution in [1.29, 1.82) is 0 Å². The number of likely N-dealkylation sites (tertiary alicyclic amines) is 1. The second-order valence-corrected chi connectivity index (χ2v) is 6.54. The Bertz CT molecular complexity index is 911. The first kappa shape index (κ1) is 17.2. The lowest BCUT2D eigenvalue weighted by atomic mass is 9.94. The molecule has 1 N–H and O–H groups in total. The highest BCUT2D eigenvalue weighted by Crippen LogP contribution is 2.29. The van der Waals surface area contributed by atoms with Gasteiger partial charge in [-0.3, -0.25) is 9.89 Å². The van der Waals surface area contributed by atoms with Crippen LogP contribution in [0.25, 0.3) is 0 Å². The molecule has 0 aliphatic carbocycles. The molecule has 0 unspecified atom stereocenters. The number of para-hydroxylation sites is 1. The molecule has 27 heavy (non-hydrogen) atoms. The van der Waals surface area contributed by atoms with E-state index in [0.717, 1.165) is 24.3 Å². The Labute approximate surface area is 156 Å². The van der Waals surface area contributed by atoms with Crippen molar-refractivity contribution in [2.24, 2.45) is 0 Å². The third kappa shape index (κ3) is 3.97. The second-order valence-electron chi connectivity index (χ2n) is 6.54. The van der Waals surface area contributed by atoms with Crippen LogP contribution in [0.3, 0.4) is 0 Å². The summed E-state index contributed by atoms with van der Waals surface area (Å²) in [6, 6.07) is 14.0. The number of rotatable bonds is 4. The van der Waals surface area contributed by atoms with Crippen molar-refractivity contribution >= 4 is 5.91 Å². The van der Waals surface area contributed by atoms with Crippen LogP contribution in [-0.2, 0) is 0 Å². The molecule has 1 atom stereocenters. The number of H-pyrrole nitrogens is 1. The number of aromatic nitrogens is 3. The molecule has 1 aliphatic heterocycles. The zero-order chi connectivity index (χ0) is 18.6. The van der Waals surface area contributed by atoms with Gasteiger partial charge in [0.25, 0.3) is 5.91 Å². The molecule has 0 bridgehead atoms. The minimum Gasteiger partial charge on any atom is -0.438 e. The van der Waals surface area contributed by atoms with Crippen molar-refractivity contribution in [2.75, 3.05) is 13.1 Å². The van der Waals surface area contributed by atoms with Crippen LogP contribution in [0.4, 0.5) is 4.39 Å². The van der Waals surface area contributed by atoms with Crippen LogP contribution in [0.5, 0.6) is 11.6 Å². The van der Waals surface area contributed by atoms with Crippen LogP contribution in [-0.4, -0.2) is 39.1 Å². The maximum Gasteiger partial charge on any atom is 0.255 e. The van der Waals surface area contributed by atoms with Crippen LogP contribution in [0.1, 0.15) is 34.8 Å². The van der Waals surface area contributed by atoms with Gasteiger partial charge in [-0.15, -0.1) is 5.10 Å². The molecule has 3 heterocycles. The predicted molar refractivity (Wildman–Crippen MR) is 97.2 cm³/mol. The lowest BCUT2D eigenvalue weighted by molar-refractivity contribution is 0.0705. The number of ether oxygens (including phenoxy) is 1. The molecule has 138 valence electrons. The van der Waals surface area contributed by atoms with Gasteiger partial charge in [-0.1, -0.05) is 18.2 Å². The number of carbonyl (C=O) groups is 1. The van der Waals surface area contributed by atoms with E-state index >= 15 is 0 Å².